The molecule has 0 aliphatic carbocycles. The SMILES string of the molecule is c1ccc(-c2cccc(-c3cccc(-c4ccc(-c5cccc(-c6cccc(-n7c8ccccc8c8ccc(-c9ccc(-n%10c%11ccccc%11c%11ccccc%11%10)cc9)cc87)c6)c5)cc4)c3)c2)cc1. The van der Waals surface area contributed by atoms with Crippen molar-refractivity contribution < 1.29 is 0 Å². The second-order valence-corrected chi connectivity index (χ2v) is 17.7. The van der Waals surface area contributed by atoms with Gasteiger partial charge in [-0.05, 0) is 133 Å². The van der Waals surface area contributed by atoms with Crippen LogP contribution in [-0.2, 0) is 0 Å². The van der Waals surface area contributed by atoms with Crippen molar-refractivity contribution in [2.75, 3.05) is 0 Å². The lowest BCUT2D eigenvalue weighted by Gasteiger charge is -2.13. The molecule has 0 spiro atoms. The molecule has 2 heterocycles. The fraction of sp³-hybridized carbons (Fsp3) is 0. The molecule has 0 N–H and O–H groups in total. The van der Waals surface area contributed by atoms with Gasteiger partial charge in [0.25, 0.3) is 0 Å². The number of aromatic nitrogens is 2. The van der Waals surface area contributed by atoms with Gasteiger partial charge in [-0.3, -0.25) is 0 Å². The quantitative estimate of drug-likeness (QED) is 0.144. The number of hydrogen-bond donors (Lipinski definition) is 0. The van der Waals surface area contributed by atoms with Gasteiger partial charge < -0.3 is 9.13 Å². The second kappa shape index (κ2) is 16.5. The van der Waals surface area contributed by atoms with Crippen molar-refractivity contribution in [1.82, 2.24) is 9.13 Å². The van der Waals surface area contributed by atoms with Gasteiger partial charge in [-0.15, -0.1) is 0 Å². The average Bonchev–Trinajstić information content (AvgIpc) is 3.94. The Labute approximate surface area is 395 Å². The maximum Gasteiger partial charge on any atom is 0.0547 e. The van der Waals surface area contributed by atoms with E-state index in [1.807, 2.05) is 0 Å². The van der Waals surface area contributed by atoms with E-state index in [0.29, 0.717) is 0 Å². The topological polar surface area (TPSA) is 9.86 Å². The third kappa shape index (κ3) is 6.90. The molecule has 0 amide bonds. The number of para-hydroxylation sites is 3. The molecule has 0 fully saturated rings. The Hall–Kier alpha value is -8.98. The summed E-state index contributed by atoms with van der Waals surface area (Å²) < 4.78 is 4.81. The van der Waals surface area contributed by atoms with Crippen LogP contribution in [0.4, 0.5) is 0 Å². The van der Waals surface area contributed by atoms with Crippen molar-refractivity contribution in [1.29, 1.82) is 0 Å². The molecule has 0 radical (unpaired) electrons. The monoisotopic (exact) mass is 864 g/mol. The molecule has 0 bridgehead atoms. The van der Waals surface area contributed by atoms with Crippen molar-refractivity contribution in [3.63, 3.8) is 0 Å². The standard InChI is InChI=1S/C66H44N2/c1-2-14-45(15-3-1)49-16-10-19-52(40-49)53-20-11-17-50(41-53)46-30-32-47(33-31-46)51-18-12-21-54(42-51)55-22-13-23-58(43-55)68-65-29-9-6-26-61(65)62-39-36-56(44-66(62)68)48-34-37-57(38-35-48)67-63-27-7-4-24-59(63)60-25-5-8-28-64(60)67/h1-44H. The Kier molecular flexibility index (Phi) is 9.54. The molecule has 68 heavy (non-hydrogen) atoms. The normalized spacial score (nSPS) is 11.5. The van der Waals surface area contributed by atoms with E-state index in [2.05, 4.69) is 276 Å². The molecular weight excluding hydrogens is 821 g/mol. The minimum absolute atomic E-state index is 1.14. The zero-order valence-corrected chi connectivity index (χ0v) is 37.3. The summed E-state index contributed by atoms with van der Waals surface area (Å²) in [6.07, 6.45) is 0. The van der Waals surface area contributed by atoms with Gasteiger partial charge in [0.1, 0.15) is 0 Å². The number of benzene rings is 11. The van der Waals surface area contributed by atoms with Crippen LogP contribution in [0.3, 0.4) is 0 Å². The van der Waals surface area contributed by atoms with Crippen LogP contribution < -0.4 is 0 Å². The van der Waals surface area contributed by atoms with E-state index in [-0.39, 0.29) is 0 Å². The molecule has 0 unspecified atom stereocenters. The first-order valence-electron chi connectivity index (χ1n) is 23.4. The second-order valence-electron chi connectivity index (χ2n) is 17.7. The summed E-state index contributed by atoms with van der Waals surface area (Å²) in [5.74, 6) is 0. The van der Waals surface area contributed by atoms with Gasteiger partial charge in [-0.25, -0.2) is 0 Å². The predicted molar refractivity (Wildman–Crippen MR) is 288 cm³/mol. The molecule has 0 saturated carbocycles. The van der Waals surface area contributed by atoms with Crippen molar-refractivity contribution >= 4 is 43.6 Å². The molecule has 2 heteroatoms. The van der Waals surface area contributed by atoms with Gasteiger partial charge in [-0.2, -0.15) is 0 Å². The van der Waals surface area contributed by atoms with Crippen LogP contribution in [-0.4, -0.2) is 9.13 Å². The smallest absolute Gasteiger partial charge is 0.0547 e. The molecule has 0 atom stereocenters. The molecule has 13 aromatic rings. The first-order valence-corrected chi connectivity index (χ1v) is 23.4. The minimum Gasteiger partial charge on any atom is -0.309 e. The summed E-state index contributed by atoms with van der Waals surface area (Å²) in [6.45, 7) is 0. The van der Waals surface area contributed by atoms with E-state index >= 15 is 0 Å². The Balaban J connectivity index is 0.807. The fourth-order valence-electron chi connectivity index (χ4n) is 10.4. The van der Waals surface area contributed by atoms with Crippen molar-refractivity contribution in [2.45, 2.75) is 0 Å². The average molecular weight is 865 g/mol. The van der Waals surface area contributed by atoms with Gasteiger partial charge in [0.05, 0.1) is 22.1 Å². The van der Waals surface area contributed by atoms with Gasteiger partial charge in [0.2, 0.25) is 0 Å². The van der Waals surface area contributed by atoms with E-state index in [9.17, 15) is 0 Å². The Bertz CT molecular complexity index is 3950. The molecule has 11 aromatic carbocycles. The van der Waals surface area contributed by atoms with Gasteiger partial charge in [-0.1, -0.05) is 200 Å². The van der Waals surface area contributed by atoms with Crippen LogP contribution in [0.1, 0.15) is 0 Å². The van der Waals surface area contributed by atoms with Gasteiger partial charge >= 0.3 is 0 Å². The van der Waals surface area contributed by atoms with Crippen LogP contribution in [0.15, 0.2) is 267 Å². The van der Waals surface area contributed by atoms with E-state index < -0.39 is 0 Å². The molecule has 0 aliphatic rings. The molecule has 0 aliphatic heterocycles. The van der Waals surface area contributed by atoms with Crippen LogP contribution in [0.5, 0.6) is 0 Å². The summed E-state index contributed by atoms with van der Waals surface area (Å²) >= 11 is 0. The first-order chi connectivity index (χ1) is 33.7. The number of nitrogens with zero attached hydrogens (tertiary/aromatic N) is 2. The van der Waals surface area contributed by atoms with E-state index in [0.717, 1.165) is 11.4 Å². The van der Waals surface area contributed by atoms with Crippen molar-refractivity contribution in [2.24, 2.45) is 0 Å². The van der Waals surface area contributed by atoms with Crippen LogP contribution in [0.2, 0.25) is 0 Å². The minimum atomic E-state index is 1.14. The lowest BCUT2D eigenvalue weighted by molar-refractivity contribution is 1.18. The maximum atomic E-state index is 2.43. The molecule has 2 nitrogen and oxygen atoms in total. The van der Waals surface area contributed by atoms with E-state index in [1.54, 1.807) is 0 Å². The number of rotatable bonds is 8. The zero-order chi connectivity index (χ0) is 45.0. The highest BCUT2D eigenvalue weighted by atomic mass is 15.0. The first kappa shape index (κ1) is 39.4. The fourth-order valence-corrected chi connectivity index (χ4v) is 10.4. The van der Waals surface area contributed by atoms with Crippen LogP contribution in [0, 0.1) is 0 Å². The number of hydrogen-bond acceptors (Lipinski definition) is 0. The van der Waals surface area contributed by atoms with Crippen LogP contribution >= 0.6 is 0 Å². The highest BCUT2D eigenvalue weighted by Crippen LogP contribution is 2.38. The predicted octanol–water partition coefficient (Wildman–Crippen LogP) is 17.9. The van der Waals surface area contributed by atoms with Crippen molar-refractivity contribution in [3.05, 3.63) is 267 Å². The summed E-state index contributed by atoms with van der Waals surface area (Å²) in [4.78, 5) is 0. The summed E-state index contributed by atoms with van der Waals surface area (Å²) in [6, 6.07) is 97.3. The van der Waals surface area contributed by atoms with Crippen LogP contribution in [0.25, 0.3) is 122 Å². The lowest BCUT2D eigenvalue weighted by atomic mass is 9.95. The van der Waals surface area contributed by atoms with Crippen molar-refractivity contribution in [3.8, 4) is 78.1 Å². The molecular formula is C66H44N2. The van der Waals surface area contributed by atoms with Gasteiger partial charge in [0, 0.05) is 32.9 Å². The third-order valence-electron chi connectivity index (χ3n) is 13.7. The number of fused-ring (bicyclic) bond motifs is 6. The Morgan fingerprint density at radius 1 is 0.162 bits per heavy atom. The molecule has 318 valence electrons. The lowest BCUT2D eigenvalue weighted by Crippen LogP contribution is -1.95. The molecule has 0 saturated heterocycles. The summed E-state index contributed by atoms with van der Waals surface area (Å²) in [7, 11) is 0. The van der Waals surface area contributed by atoms with E-state index in [1.165, 1.54) is 110 Å². The van der Waals surface area contributed by atoms with E-state index in [4.69, 9.17) is 0 Å². The Morgan fingerprint density at radius 3 is 0.956 bits per heavy atom. The zero-order valence-electron chi connectivity index (χ0n) is 37.3. The Morgan fingerprint density at radius 2 is 0.471 bits per heavy atom. The molecule has 13 rings (SSSR count). The highest BCUT2D eigenvalue weighted by Gasteiger charge is 2.16. The summed E-state index contributed by atoms with van der Waals surface area (Å²) in [5, 5.41) is 5.03. The summed E-state index contributed by atoms with van der Waals surface area (Å²) in [5.41, 5.74) is 21.5. The third-order valence-corrected chi connectivity index (χ3v) is 13.7. The highest BCUT2D eigenvalue weighted by molar-refractivity contribution is 6.11. The molecule has 2 aromatic heterocycles. The van der Waals surface area contributed by atoms with Gasteiger partial charge in [0.15, 0.2) is 0 Å². The maximum absolute atomic E-state index is 2.43. The largest absolute Gasteiger partial charge is 0.309 e.